The number of hydrogen-bond donors (Lipinski definition) is 4. The average Bonchev–Trinajstić information content (AvgIpc) is 2.86. The first-order valence-electron chi connectivity index (χ1n) is 12.4. The summed E-state index contributed by atoms with van der Waals surface area (Å²) in [5, 5.41) is 8.21. The van der Waals surface area contributed by atoms with E-state index in [1.165, 1.54) is 45.2 Å². The molecule has 39 heavy (non-hydrogen) atoms. The second-order valence-corrected chi connectivity index (χ2v) is 9.64. The van der Waals surface area contributed by atoms with Gasteiger partial charge in [0.1, 0.15) is 23.2 Å². The number of anilines is 1. The molecule has 0 aliphatic carbocycles. The number of alkyl halides is 4. The summed E-state index contributed by atoms with van der Waals surface area (Å²) >= 11 is 0. The Labute approximate surface area is 225 Å². The summed E-state index contributed by atoms with van der Waals surface area (Å²) in [6.45, 7) is 4.12. The Morgan fingerprint density at radius 1 is 1.05 bits per heavy atom. The van der Waals surface area contributed by atoms with E-state index in [-0.39, 0.29) is 18.7 Å². The Bertz CT molecular complexity index is 1080. The maximum absolute atomic E-state index is 14.6. The minimum Gasteiger partial charge on any atom is -0.494 e. The first kappa shape index (κ1) is 31.7. The second kappa shape index (κ2) is 14.0. The number of amides is 2. The predicted molar refractivity (Wildman–Crippen MR) is 140 cm³/mol. The first-order valence-corrected chi connectivity index (χ1v) is 12.4. The summed E-state index contributed by atoms with van der Waals surface area (Å²) in [7, 11) is 1.44. The molecule has 1 unspecified atom stereocenters. The van der Waals surface area contributed by atoms with Crippen molar-refractivity contribution < 1.29 is 36.6 Å². The second-order valence-electron chi connectivity index (χ2n) is 9.64. The van der Waals surface area contributed by atoms with Gasteiger partial charge in [-0.15, -0.1) is 0 Å². The molecule has 0 radical (unpaired) electrons. The molecule has 0 heterocycles. The Kier molecular flexibility index (Phi) is 11.4. The van der Waals surface area contributed by atoms with Crippen molar-refractivity contribution in [3.05, 3.63) is 54.1 Å². The molecule has 2 aromatic carbocycles. The lowest BCUT2D eigenvalue weighted by molar-refractivity contribution is -0.161. The third kappa shape index (κ3) is 10.6. The number of primary amides is 1. The largest absolute Gasteiger partial charge is 0.494 e. The molecular formula is C27H36F4N4O4. The normalized spacial score (nSPS) is 14.2. The Balaban J connectivity index is 2.15. The number of halogens is 4. The van der Waals surface area contributed by atoms with Gasteiger partial charge in [0.25, 0.3) is 5.91 Å². The van der Waals surface area contributed by atoms with Gasteiger partial charge in [0.2, 0.25) is 5.91 Å². The highest BCUT2D eigenvalue weighted by Gasteiger charge is 2.43. The van der Waals surface area contributed by atoms with Crippen LogP contribution in [0.15, 0.2) is 48.5 Å². The van der Waals surface area contributed by atoms with Crippen LogP contribution in [0.4, 0.5) is 23.2 Å². The van der Waals surface area contributed by atoms with Crippen molar-refractivity contribution in [1.29, 1.82) is 0 Å². The van der Waals surface area contributed by atoms with Crippen molar-refractivity contribution in [2.24, 2.45) is 5.73 Å². The summed E-state index contributed by atoms with van der Waals surface area (Å²) in [5.41, 5.74) is 3.65. The quantitative estimate of drug-likeness (QED) is 0.244. The van der Waals surface area contributed by atoms with Crippen LogP contribution in [-0.4, -0.2) is 56.0 Å². The van der Waals surface area contributed by atoms with Crippen LogP contribution in [0.5, 0.6) is 11.5 Å². The number of ether oxygens (including phenoxy) is 2. The van der Waals surface area contributed by atoms with Crippen LogP contribution >= 0.6 is 0 Å². The molecule has 0 fully saturated rings. The fourth-order valence-corrected chi connectivity index (χ4v) is 3.83. The van der Waals surface area contributed by atoms with Crippen LogP contribution in [0, 0.1) is 0 Å². The Morgan fingerprint density at radius 2 is 1.72 bits per heavy atom. The standard InChI is InChI=1S/C27H36F4N4O4/c1-5-18(15-33-20-12-11-19(13-22(20)38-4)39-16-23(32)36)34-25(37)21(14-26(2,3)28)35-24(27(29,30)31)17-9-7-6-8-10-17/h6-13,18,21,24,33,35H,5,14-16H2,1-4H3,(H2,32,36)(H,34,37)/t18-,21?,24-/m0/s1. The smallest absolute Gasteiger partial charge is 0.407 e. The van der Waals surface area contributed by atoms with E-state index in [4.69, 9.17) is 15.2 Å². The molecule has 0 saturated carbocycles. The van der Waals surface area contributed by atoms with Crippen molar-refractivity contribution >= 4 is 17.5 Å². The van der Waals surface area contributed by atoms with E-state index in [0.717, 1.165) is 0 Å². The highest BCUT2D eigenvalue weighted by molar-refractivity contribution is 5.82. The molecule has 2 rings (SSSR count). The van der Waals surface area contributed by atoms with Crippen LogP contribution in [0.25, 0.3) is 0 Å². The van der Waals surface area contributed by atoms with Crippen molar-refractivity contribution in [3.63, 3.8) is 0 Å². The first-order chi connectivity index (χ1) is 18.2. The van der Waals surface area contributed by atoms with Crippen molar-refractivity contribution in [2.75, 3.05) is 25.6 Å². The molecule has 0 bridgehead atoms. The molecule has 2 amide bonds. The Hall–Kier alpha value is -3.54. The summed E-state index contributed by atoms with van der Waals surface area (Å²) in [6, 6.07) is 7.80. The fourth-order valence-electron chi connectivity index (χ4n) is 3.83. The van der Waals surface area contributed by atoms with Gasteiger partial charge in [0.05, 0.1) is 18.8 Å². The molecule has 0 aliphatic rings. The van der Waals surface area contributed by atoms with Crippen LogP contribution in [-0.2, 0) is 9.59 Å². The number of methoxy groups -OCH3 is 1. The van der Waals surface area contributed by atoms with Crippen LogP contribution < -0.4 is 31.2 Å². The van der Waals surface area contributed by atoms with Crippen molar-refractivity contribution in [3.8, 4) is 11.5 Å². The minimum atomic E-state index is -4.71. The summed E-state index contributed by atoms with van der Waals surface area (Å²) < 4.78 is 67.0. The molecule has 3 atom stereocenters. The molecule has 5 N–H and O–H groups in total. The number of benzene rings is 2. The predicted octanol–water partition coefficient (Wildman–Crippen LogP) is 4.27. The van der Waals surface area contributed by atoms with E-state index in [9.17, 15) is 27.2 Å². The van der Waals surface area contributed by atoms with E-state index in [1.54, 1.807) is 31.2 Å². The molecule has 0 aromatic heterocycles. The average molecular weight is 557 g/mol. The third-order valence-corrected chi connectivity index (χ3v) is 5.77. The topological polar surface area (TPSA) is 115 Å². The lowest BCUT2D eigenvalue weighted by Crippen LogP contribution is -2.53. The zero-order valence-electron chi connectivity index (χ0n) is 22.4. The van der Waals surface area contributed by atoms with Crippen LogP contribution in [0.3, 0.4) is 0 Å². The van der Waals surface area contributed by atoms with Gasteiger partial charge in [0, 0.05) is 25.1 Å². The maximum atomic E-state index is 14.6. The number of hydrogen-bond acceptors (Lipinski definition) is 6. The maximum Gasteiger partial charge on any atom is 0.407 e. The number of carbonyl (C=O) groups is 2. The van der Waals surface area contributed by atoms with E-state index >= 15 is 0 Å². The number of carbonyl (C=O) groups excluding carboxylic acids is 2. The van der Waals surface area contributed by atoms with Crippen LogP contribution in [0.1, 0.15) is 45.2 Å². The monoisotopic (exact) mass is 556 g/mol. The summed E-state index contributed by atoms with van der Waals surface area (Å²) in [5.74, 6) is -0.627. The van der Waals surface area contributed by atoms with Gasteiger partial charge in [-0.25, -0.2) is 4.39 Å². The minimum absolute atomic E-state index is 0.0801. The van der Waals surface area contributed by atoms with E-state index in [2.05, 4.69) is 16.0 Å². The van der Waals surface area contributed by atoms with E-state index < -0.39 is 48.2 Å². The zero-order valence-corrected chi connectivity index (χ0v) is 22.4. The lowest BCUT2D eigenvalue weighted by atomic mass is 9.97. The number of nitrogens with one attached hydrogen (secondary N) is 3. The zero-order chi connectivity index (χ0) is 29.2. The van der Waals surface area contributed by atoms with Gasteiger partial charge in [-0.05, 0) is 38.0 Å². The molecule has 216 valence electrons. The van der Waals surface area contributed by atoms with Gasteiger partial charge in [-0.3, -0.25) is 14.9 Å². The number of nitrogens with two attached hydrogens (primary N) is 1. The van der Waals surface area contributed by atoms with Gasteiger partial charge < -0.3 is 25.8 Å². The van der Waals surface area contributed by atoms with Crippen LogP contribution in [0.2, 0.25) is 0 Å². The summed E-state index contributed by atoms with van der Waals surface area (Å²) in [6.07, 6.45) is -4.74. The third-order valence-electron chi connectivity index (χ3n) is 5.77. The molecule has 12 heteroatoms. The van der Waals surface area contributed by atoms with Crippen molar-refractivity contribution in [2.45, 2.75) is 63.6 Å². The lowest BCUT2D eigenvalue weighted by Gasteiger charge is -2.31. The Morgan fingerprint density at radius 3 is 2.26 bits per heavy atom. The molecule has 8 nitrogen and oxygen atoms in total. The van der Waals surface area contributed by atoms with E-state index in [0.29, 0.717) is 23.6 Å². The highest BCUT2D eigenvalue weighted by Crippen LogP contribution is 2.34. The van der Waals surface area contributed by atoms with Crippen molar-refractivity contribution in [1.82, 2.24) is 10.6 Å². The molecular weight excluding hydrogens is 520 g/mol. The van der Waals surface area contributed by atoms with Gasteiger partial charge in [0.15, 0.2) is 6.61 Å². The molecule has 0 aliphatic heterocycles. The fraction of sp³-hybridized carbons (Fsp3) is 0.481. The van der Waals surface area contributed by atoms with Gasteiger partial charge in [-0.1, -0.05) is 37.3 Å². The molecule has 2 aromatic rings. The SMILES string of the molecule is CC[C@@H](CNc1ccc(OCC(N)=O)cc1OC)NC(=O)C(CC(C)(C)F)N[C@@H](c1ccccc1)C(F)(F)F. The van der Waals surface area contributed by atoms with Gasteiger partial charge >= 0.3 is 6.18 Å². The number of rotatable bonds is 15. The molecule has 0 spiro atoms. The summed E-state index contributed by atoms with van der Waals surface area (Å²) in [4.78, 5) is 24.1. The highest BCUT2D eigenvalue weighted by atomic mass is 19.4. The van der Waals surface area contributed by atoms with E-state index in [1.807, 2.05) is 0 Å². The van der Waals surface area contributed by atoms with Gasteiger partial charge in [-0.2, -0.15) is 13.2 Å². The molecule has 0 saturated heterocycles.